The van der Waals surface area contributed by atoms with Crippen molar-refractivity contribution in [3.8, 4) is 0 Å². The lowest BCUT2D eigenvalue weighted by Gasteiger charge is -1.98. The van der Waals surface area contributed by atoms with E-state index in [-0.39, 0.29) is 0 Å². The van der Waals surface area contributed by atoms with Crippen LogP contribution in [0.25, 0.3) is 0 Å². The SMILES string of the molecule is CCCCC[C@H]1O[C@@H]1CCCCCC/C=C/C=C/C(=O)O. The molecule has 0 unspecified atom stereocenters. The Hall–Kier alpha value is -1.09. The second kappa shape index (κ2) is 11.6. The van der Waals surface area contributed by atoms with Gasteiger partial charge in [0.1, 0.15) is 0 Å². The van der Waals surface area contributed by atoms with Crippen LogP contribution in [0.5, 0.6) is 0 Å². The number of carboxylic acids is 1. The van der Waals surface area contributed by atoms with Crippen LogP contribution < -0.4 is 0 Å². The second-order valence-electron chi connectivity index (χ2n) is 5.83. The van der Waals surface area contributed by atoms with E-state index in [1.54, 1.807) is 6.08 Å². The zero-order chi connectivity index (χ0) is 15.3. The molecule has 0 aromatic heterocycles. The number of epoxide rings is 1. The first kappa shape index (κ1) is 18.0. The van der Waals surface area contributed by atoms with Gasteiger partial charge in [0.15, 0.2) is 0 Å². The van der Waals surface area contributed by atoms with Crippen molar-refractivity contribution in [2.75, 3.05) is 0 Å². The van der Waals surface area contributed by atoms with Crippen LogP contribution in [0, 0.1) is 0 Å². The lowest BCUT2D eigenvalue weighted by molar-refractivity contribution is -0.131. The van der Waals surface area contributed by atoms with Gasteiger partial charge in [0.25, 0.3) is 0 Å². The third kappa shape index (κ3) is 10.3. The molecule has 120 valence electrons. The topological polar surface area (TPSA) is 49.8 Å². The fourth-order valence-electron chi connectivity index (χ4n) is 2.56. The van der Waals surface area contributed by atoms with E-state index in [2.05, 4.69) is 6.92 Å². The summed E-state index contributed by atoms with van der Waals surface area (Å²) >= 11 is 0. The standard InChI is InChI=1S/C18H30O3/c1-2-3-10-13-16-17(21-16)14-11-8-6-4-5-7-9-12-15-18(19)20/h7,9,12,15-17H,2-6,8,10-11,13-14H2,1H3,(H,19,20)/b9-7+,15-12+/t16-,17-/m1/s1. The van der Waals surface area contributed by atoms with Crippen LogP contribution in [-0.2, 0) is 9.53 Å². The molecule has 1 fully saturated rings. The van der Waals surface area contributed by atoms with E-state index in [9.17, 15) is 4.79 Å². The summed E-state index contributed by atoms with van der Waals surface area (Å²) in [4.78, 5) is 10.2. The van der Waals surface area contributed by atoms with Gasteiger partial charge in [-0.2, -0.15) is 0 Å². The monoisotopic (exact) mass is 294 g/mol. The van der Waals surface area contributed by atoms with Gasteiger partial charge >= 0.3 is 5.97 Å². The number of unbranched alkanes of at least 4 members (excludes halogenated alkanes) is 6. The van der Waals surface area contributed by atoms with Gasteiger partial charge in [-0.15, -0.1) is 0 Å². The van der Waals surface area contributed by atoms with Crippen molar-refractivity contribution in [1.29, 1.82) is 0 Å². The van der Waals surface area contributed by atoms with Crippen molar-refractivity contribution in [2.24, 2.45) is 0 Å². The molecule has 2 atom stereocenters. The number of carboxylic acid groups (broad SMARTS) is 1. The Morgan fingerprint density at radius 2 is 1.67 bits per heavy atom. The molecular weight excluding hydrogens is 264 g/mol. The van der Waals surface area contributed by atoms with E-state index in [0.29, 0.717) is 12.2 Å². The van der Waals surface area contributed by atoms with E-state index in [4.69, 9.17) is 9.84 Å². The van der Waals surface area contributed by atoms with Crippen molar-refractivity contribution in [2.45, 2.75) is 83.3 Å². The Balaban J connectivity index is 1.82. The number of aliphatic carboxylic acids is 1. The maximum absolute atomic E-state index is 10.2. The summed E-state index contributed by atoms with van der Waals surface area (Å²) in [6, 6.07) is 0. The molecule has 0 radical (unpaired) electrons. The van der Waals surface area contributed by atoms with Gasteiger partial charge in [-0.25, -0.2) is 4.79 Å². The fraction of sp³-hybridized carbons (Fsp3) is 0.722. The fourth-order valence-corrected chi connectivity index (χ4v) is 2.56. The van der Waals surface area contributed by atoms with Crippen LogP contribution in [-0.4, -0.2) is 23.3 Å². The quantitative estimate of drug-likeness (QED) is 0.228. The first-order chi connectivity index (χ1) is 10.2. The molecule has 1 aliphatic rings. The van der Waals surface area contributed by atoms with Crippen molar-refractivity contribution in [3.63, 3.8) is 0 Å². The van der Waals surface area contributed by atoms with Crippen molar-refractivity contribution >= 4 is 5.97 Å². The van der Waals surface area contributed by atoms with E-state index in [1.807, 2.05) is 12.2 Å². The van der Waals surface area contributed by atoms with Crippen LogP contribution in [0.1, 0.15) is 71.1 Å². The minimum Gasteiger partial charge on any atom is -0.478 e. The summed E-state index contributed by atoms with van der Waals surface area (Å²) in [5, 5.41) is 8.41. The van der Waals surface area contributed by atoms with Gasteiger partial charge in [-0.3, -0.25) is 0 Å². The molecule has 1 saturated heterocycles. The summed E-state index contributed by atoms with van der Waals surface area (Å²) in [7, 11) is 0. The Labute approximate surface area is 129 Å². The maximum Gasteiger partial charge on any atom is 0.328 e. The zero-order valence-electron chi connectivity index (χ0n) is 13.3. The predicted octanol–water partition coefficient (Wildman–Crippen LogP) is 4.87. The van der Waals surface area contributed by atoms with Gasteiger partial charge < -0.3 is 9.84 Å². The number of carbonyl (C=O) groups is 1. The first-order valence-corrected chi connectivity index (χ1v) is 8.45. The lowest BCUT2D eigenvalue weighted by Crippen LogP contribution is -1.94. The van der Waals surface area contributed by atoms with Crippen LogP contribution in [0.4, 0.5) is 0 Å². The number of hydrogen-bond donors (Lipinski definition) is 1. The highest BCUT2D eigenvalue weighted by Gasteiger charge is 2.36. The number of rotatable bonds is 13. The molecule has 1 aliphatic heterocycles. The van der Waals surface area contributed by atoms with E-state index in [1.165, 1.54) is 57.8 Å². The largest absolute Gasteiger partial charge is 0.478 e. The number of ether oxygens (including phenoxy) is 1. The third-order valence-corrected chi connectivity index (χ3v) is 3.88. The maximum atomic E-state index is 10.2. The summed E-state index contributed by atoms with van der Waals surface area (Å²) in [5.41, 5.74) is 0. The normalized spacial score (nSPS) is 21.4. The van der Waals surface area contributed by atoms with Gasteiger partial charge in [0.2, 0.25) is 0 Å². The smallest absolute Gasteiger partial charge is 0.328 e. The highest BCUT2D eigenvalue weighted by molar-refractivity contribution is 5.80. The van der Waals surface area contributed by atoms with E-state index >= 15 is 0 Å². The molecule has 0 amide bonds. The first-order valence-electron chi connectivity index (χ1n) is 8.45. The van der Waals surface area contributed by atoms with Gasteiger partial charge in [0.05, 0.1) is 12.2 Å². The average molecular weight is 294 g/mol. The summed E-state index contributed by atoms with van der Waals surface area (Å²) in [6.45, 7) is 2.24. The molecule has 0 bridgehead atoms. The molecule has 0 aromatic carbocycles. The lowest BCUT2D eigenvalue weighted by atomic mass is 10.1. The van der Waals surface area contributed by atoms with Crippen molar-refractivity contribution in [1.82, 2.24) is 0 Å². The van der Waals surface area contributed by atoms with Gasteiger partial charge in [0, 0.05) is 6.08 Å². The predicted molar refractivity (Wildman–Crippen MR) is 86.4 cm³/mol. The van der Waals surface area contributed by atoms with Crippen LogP contribution >= 0.6 is 0 Å². The molecule has 1 N–H and O–H groups in total. The molecule has 0 spiro atoms. The zero-order valence-corrected chi connectivity index (χ0v) is 13.3. The average Bonchev–Trinajstić information content (AvgIpc) is 3.19. The highest BCUT2D eigenvalue weighted by atomic mass is 16.6. The summed E-state index contributed by atoms with van der Waals surface area (Å²) in [5.74, 6) is -0.894. The molecule has 1 heterocycles. The summed E-state index contributed by atoms with van der Waals surface area (Å²) in [6.07, 6.45) is 20.2. The minimum absolute atomic E-state index is 0.558. The van der Waals surface area contributed by atoms with E-state index in [0.717, 1.165) is 12.5 Å². The molecule has 0 aromatic rings. The molecule has 21 heavy (non-hydrogen) atoms. The Bertz CT molecular complexity index is 333. The Kier molecular flexibility index (Phi) is 9.88. The van der Waals surface area contributed by atoms with Gasteiger partial charge in [-0.1, -0.05) is 63.7 Å². The van der Waals surface area contributed by atoms with Gasteiger partial charge in [-0.05, 0) is 25.7 Å². The minimum atomic E-state index is -0.894. The molecule has 0 saturated carbocycles. The molecule has 3 nitrogen and oxygen atoms in total. The van der Waals surface area contributed by atoms with Crippen molar-refractivity contribution in [3.05, 3.63) is 24.3 Å². The Morgan fingerprint density at radius 1 is 1.00 bits per heavy atom. The third-order valence-electron chi connectivity index (χ3n) is 3.88. The van der Waals surface area contributed by atoms with E-state index < -0.39 is 5.97 Å². The molecule has 0 aliphatic carbocycles. The van der Waals surface area contributed by atoms with Crippen LogP contribution in [0.2, 0.25) is 0 Å². The highest BCUT2D eigenvalue weighted by Crippen LogP contribution is 2.31. The van der Waals surface area contributed by atoms with Crippen LogP contribution in [0.3, 0.4) is 0 Å². The van der Waals surface area contributed by atoms with Crippen LogP contribution in [0.15, 0.2) is 24.3 Å². The Morgan fingerprint density at radius 3 is 2.33 bits per heavy atom. The van der Waals surface area contributed by atoms with Crippen molar-refractivity contribution < 1.29 is 14.6 Å². The molecule has 3 heteroatoms. The molecule has 1 rings (SSSR count). The summed E-state index contributed by atoms with van der Waals surface area (Å²) < 4.78 is 5.69. The molecular formula is C18H30O3. The number of allylic oxidation sites excluding steroid dienone is 3. The second-order valence-corrected chi connectivity index (χ2v) is 5.83. The number of hydrogen-bond acceptors (Lipinski definition) is 2.